The third kappa shape index (κ3) is 3.11. The molecule has 1 heterocycles. The van der Waals surface area contributed by atoms with Crippen LogP contribution in [0.2, 0.25) is 0 Å². The minimum Gasteiger partial charge on any atom is -0.279 e. The van der Waals surface area contributed by atoms with E-state index >= 15 is 0 Å². The van der Waals surface area contributed by atoms with Crippen molar-refractivity contribution in [3.8, 4) is 11.4 Å². The summed E-state index contributed by atoms with van der Waals surface area (Å²) in [6.45, 7) is 2.40. The molecule has 1 aromatic heterocycles. The quantitative estimate of drug-likeness (QED) is 0.765. The minimum atomic E-state index is -4.08. The maximum Gasteiger partial charge on any atom is 0.264 e. The smallest absolute Gasteiger partial charge is 0.264 e. The van der Waals surface area contributed by atoms with E-state index in [9.17, 15) is 12.8 Å². The number of sulfonamides is 1. The van der Waals surface area contributed by atoms with Crippen molar-refractivity contribution < 1.29 is 12.8 Å². The zero-order valence-corrected chi connectivity index (χ0v) is 13.5. The number of hydrogen-bond acceptors (Lipinski definition) is 5. The molecule has 0 aliphatic heterocycles. The highest BCUT2D eigenvalue weighted by Crippen LogP contribution is 2.27. The van der Waals surface area contributed by atoms with Crippen LogP contribution in [0, 0.1) is 5.82 Å². The molecule has 9 heteroatoms. The van der Waals surface area contributed by atoms with Gasteiger partial charge in [-0.05, 0) is 36.4 Å². The Morgan fingerprint density at radius 1 is 1.12 bits per heavy atom. The van der Waals surface area contributed by atoms with Crippen molar-refractivity contribution in [2.75, 3.05) is 4.72 Å². The predicted molar refractivity (Wildman–Crippen MR) is 86.1 cm³/mol. The van der Waals surface area contributed by atoms with E-state index in [1.165, 1.54) is 23.0 Å². The largest absolute Gasteiger partial charge is 0.279 e. The number of anilines is 1. The number of benzene rings is 2. The molecule has 2 aromatic carbocycles. The highest BCUT2D eigenvalue weighted by molar-refractivity contribution is 7.92. The van der Waals surface area contributed by atoms with Crippen LogP contribution in [-0.2, 0) is 16.6 Å². The number of nitrogens with zero attached hydrogens (tertiary/aromatic N) is 4. The Labute approximate surface area is 138 Å². The third-order valence-corrected chi connectivity index (χ3v) is 4.67. The van der Waals surface area contributed by atoms with Gasteiger partial charge in [0.2, 0.25) is 5.82 Å². The number of hydrogen-bond donors (Lipinski definition) is 1. The molecule has 0 spiro atoms. The second-order valence-corrected chi connectivity index (χ2v) is 6.53. The summed E-state index contributed by atoms with van der Waals surface area (Å²) in [5.74, 6) is -0.541. The fraction of sp³-hybridized carbons (Fsp3) is 0.133. The summed E-state index contributed by atoms with van der Waals surface area (Å²) in [7, 11) is -4.08. The number of para-hydroxylation sites is 1. The van der Waals surface area contributed by atoms with Gasteiger partial charge in [0.15, 0.2) is 0 Å². The van der Waals surface area contributed by atoms with Gasteiger partial charge in [0.25, 0.3) is 10.0 Å². The predicted octanol–water partition coefficient (Wildman–Crippen LogP) is 2.30. The van der Waals surface area contributed by atoms with Crippen molar-refractivity contribution in [2.45, 2.75) is 18.4 Å². The van der Waals surface area contributed by atoms with E-state index in [-0.39, 0.29) is 11.5 Å². The summed E-state index contributed by atoms with van der Waals surface area (Å²) in [5, 5.41) is 11.9. The maximum absolute atomic E-state index is 13.8. The van der Waals surface area contributed by atoms with Gasteiger partial charge in [-0.1, -0.05) is 24.3 Å². The second-order valence-electron chi connectivity index (χ2n) is 4.88. The van der Waals surface area contributed by atoms with Crippen molar-refractivity contribution in [1.82, 2.24) is 20.2 Å². The first-order valence-electron chi connectivity index (χ1n) is 7.16. The molecular formula is C15H14FN5O2S. The summed E-state index contributed by atoms with van der Waals surface area (Å²) < 4.78 is 41.1. The number of aryl methyl sites for hydroxylation is 1. The molecule has 0 atom stereocenters. The highest BCUT2D eigenvalue weighted by Gasteiger charge is 2.21. The fourth-order valence-corrected chi connectivity index (χ4v) is 3.27. The van der Waals surface area contributed by atoms with Crippen LogP contribution in [0.5, 0.6) is 0 Å². The van der Waals surface area contributed by atoms with E-state index in [0.29, 0.717) is 12.1 Å². The zero-order chi connectivity index (χ0) is 17.2. The van der Waals surface area contributed by atoms with Gasteiger partial charge < -0.3 is 0 Å². The Hall–Kier alpha value is -2.81. The molecule has 7 nitrogen and oxygen atoms in total. The van der Waals surface area contributed by atoms with Crippen LogP contribution in [0.3, 0.4) is 0 Å². The van der Waals surface area contributed by atoms with Crippen LogP contribution in [-0.4, -0.2) is 28.6 Å². The van der Waals surface area contributed by atoms with Crippen molar-refractivity contribution in [3.63, 3.8) is 0 Å². The topological polar surface area (TPSA) is 89.8 Å². The summed E-state index contributed by atoms with van der Waals surface area (Å²) in [5.41, 5.74) is 0.702. The van der Waals surface area contributed by atoms with Gasteiger partial charge in [0.05, 0.1) is 12.2 Å². The van der Waals surface area contributed by atoms with E-state index in [0.717, 1.165) is 6.07 Å². The zero-order valence-electron chi connectivity index (χ0n) is 12.7. The molecule has 0 saturated heterocycles. The molecule has 24 heavy (non-hydrogen) atoms. The van der Waals surface area contributed by atoms with Gasteiger partial charge in [-0.15, -0.1) is 10.2 Å². The van der Waals surface area contributed by atoms with Crippen LogP contribution in [0.25, 0.3) is 11.4 Å². The van der Waals surface area contributed by atoms with Crippen molar-refractivity contribution in [1.29, 1.82) is 0 Å². The average molecular weight is 347 g/mol. The van der Waals surface area contributed by atoms with Crippen molar-refractivity contribution >= 4 is 15.7 Å². The van der Waals surface area contributed by atoms with Gasteiger partial charge >= 0.3 is 0 Å². The lowest BCUT2D eigenvalue weighted by Crippen LogP contribution is -2.15. The Morgan fingerprint density at radius 2 is 1.83 bits per heavy atom. The monoisotopic (exact) mass is 347 g/mol. The highest BCUT2D eigenvalue weighted by atomic mass is 32.2. The van der Waals surface area contributed by atoms with Crippen molar-refractivity contribution in [2.24, 2.45) is 0 Å². The molecule has 0 bridgehead atoms. The lowest BCUT2D eigenvalue weighted by Gasteiger charge is -2.11. The van der Waals surface area contributed by atoms with Gasteiger partial charge in [-0.25, -0.2) is 12.8 Å². The fourth-order valence-electron chi connectivity index (χ4n) is 2.11. The molecule has 0 unspecified atom stereocenters. The van der Waals surface area contributed by atoms with Crippen molar-refractivity contribution in [3.05, 3.63) is 54.3 Å². The molecule has 1 N–H and O–H groups in total. The van der Waals surface area contributed by atoms with Gasteiger partial charge in [-0.3, -0.25) is 4.72 Å². The molecule has 0 amide bonds. The molecule has 0 saturated carbocycles. The Balaban J connectivity index is 2.01. The number of tetrazole rings is 1. The van der Waals surface area contributed by atoms with Crippen LogP contribution in [0.4, 0.5) is 10.1 Å². The van der Waals surface area contributed by atoms with Crippen LogP contribution >= 0.6 is 0 Å². The Morgan fingerprint density at radius 3 is 2.54 bits per heavy atom. The van der Waals surface area contributed by atoms with E-state index in [2.05, 4.69) is 20.1 Å². The van der Waals surface area contributed by atoms with E-state index in [1.54, 1.807) is 24.3 Å². The number of aromatic nitrogens is 4. The lowest BCUT2D eigenvalue weighted by atomic mass is 10.2. The lowest BCUT2D eigenvalue weighted by molar-refractivity contribution is 0.553. The summed E-state index contributed by atoms with van der Waals surface area (Å²) in [6.07, 6.45) is 0. The average Bonchev–Trinajstić information content (AvgIpc) is 3.04. The molecule has 0 radical (unpaired) electrons. The van der Waals surface area contributed by atoms with Gasteiger partial charge in [0, 0.05) is 5.56 Å². The first-order chi connectivity index (χ1) is 11.5. The molecule has 0 aliphatic carbocycles. The van der Waals surface area contributed by atoms with E-state index < -0.39 is 20.7 Å². The third-order valence-electron chi connectivity index (χ3n) is 3.27. The molecular weight excluding hydrogens is 333 g/mol. The molecule has 0 fully saturated rings. The minimum absolute atomic E-state index is 0.247. The van der Waals surface area contributed by atoms with Crippen LogP contribution in [0.15, 0.2) is 53.4 Å². The molecule has 3 rings (SSSR count). The number of nitrogens with one attached hydrogen (secondary N) is 1. The van der Waals surface area contributed by atoms with Crippen LogP contribution < -0.4 is 4.72 Å². The van der Waals surface area contributed by atoms with Gasteiger partial charge in [0.1, 0.15) is 10.7 Å². The van der Waals surface area contributed by atoms with E-state index in [4.69, 9.17) is 0 Å². The standard InChI is InChI=1S/C15H14FN5O2S/c1-2-21-18-15(17-20-21)11-7-3-5-9-13(11)19-24(22,23)14-10-6-4-8-12(14)16/h3-10,19H,2H2,1H3. The normalized spacial score (nSPS) is 11.4. The number of halogens is 1. The first kappa shape index (κ1) is 16.1. The maximum atomic E-state index is 13.8. The Kier molecular flexibility index (Phi) is 4.26. The number of rotatable bonds is 5. The molecule has 0 aliphatic rings. The second kappa shape index (κ2) is 6.36. The molecule has 124 valence electrons. The molecule has 3 aromatic rings. The summed E-state index contributed by atoms with van der Waals surface area (Å²) >= 11 is 0. The van der Waals surface area contributed by atoms with Gasteiger partial charge in [-0.2, -0.15) is 4.80 Å². The van der Waals surface area contributed by atoms with E-state index in [1.807, 2.05) is 6.92 Å². The van der Waals surface area contributed by atoms with Crippen LogP contribution in [0.1, 0.15) is 6.92 Å². The Bertz CT molecular complexity index is 971. The summed E-state index contributed by atoms with van der Waals surface area (Å²) in [4.78, 5) is 0.960. The first-order valence-corrected chi connectivity index (χ1v) is 8.64. The summed E-state index contributed by atoms with van der Waals surface area (Å²) in [6, 6.07) is 11.8. The SMILES string of the molecule is CCn1nnc(-c2ccccc2NS(=O)(=O)c2ccccc2F)n1.